The molecule has 0 nitrogen and oxygen atoms in total. The van der Waals surface area contributed by atoms with Gasteiger partial charge in [0.25, 0.3) is 0 Å². The zero-order chi connectivity index (χ0) is 7.56. The van der Waals surface area contributed by atoms with Gasteiger partial charge in [-0.1, -0.05) is 13.0 Å². The highest BCUT2D eigenvalue weighted by Gasteiger charge is 1.91. The van der Waals surface area contributed by atoms with Crippen LogP contribution in [0.1, 0.15) is 18.1 Å². The number of thiol groups is 1. The minimum Gasteiger partial charge on any atom is -0.143 e. The van der Waals surface area contributed by atoms with Crippen LogP contribution in [0, 0.1) is 6.92 Å². The lowest BCUT2D eigenvalue weighted by atomic mass is 10.1. The molecule has 0 saturated carbocycles. The van der Waals surface area contributed by atoms with E-state index < -0.39 is 0 Å². The van der Waals surface area contributed by atoms with E-state index in [1.807, 2.05) is 0 Å². The molecule has 0 N–H and O–H groups in total. The van der Waals surface area contributed by atoms with Gasteiger partial charge >= 0.3 is 0 Å². The van der Waals surface area contributed by atoms with Gasteiger partial charge in [0, 0.05) is 4.90 Å². The van der Waals surface area contributed by atoms with Crippen molar-refractivity contribution in [2.75, 3.05) is 0 Å². The van der Waals surface area contributed by atoms with Crippen molar-refractivity contribution in [3.63, 3.8) is 0 Å². The molecule has 0 fully saturated rings. The lowest BCUT2D eigenvalue weighted by Crippen LogP contribution is -1.81. The van der Waals surface area contributed by atoms with Gasteiger partial charge in [-0.3, -0.25) is 0 Å². The molecule has 0 spiro atoms. The van der Waals surface area contributed by atoms with Gasteiger partial charge in [-0.25, -0.2) is 0 Å². The molecule has 0 aliphatic heterocycles. The van der Waals surface area contributed by atoms with Crippen molar-refractivity contribution in [3.8, 4) is 0 Å². The van der Waals surface area contributed by atoms with Crippen molar-refractivity contribution >= 4 is 12.6 Å². The Balaban J connectivity index is 3.06. The largest absolute Gasteiger partial charge is 0.143 e. The molecule has 0 aliphatic rings. The van der Waals surface area contributed by atoms with E-state index in [1.54, 1.807) is 0 Å². The first-order valence-corrected chi connectivity index (χ1v) is 3.96. The second-order valence-corrected chi connectivity index (χ2v) is 3.05. The molecule has 0 radical (unpaired) electrons. The van der Waals surface area contributed by atoms with E-state index >= 15 is 0 Å². The molecule has 54 valence electrons. The number of hydrogen-bond acceptors (Lipinski definition) is 1. The second kappa shape index (κ2) is 3.11. The highest BCUT2D eigenvalue weighted by atomic mass is 32.1. The van der Waals surface area contributed by atoms with Crippen LogP contribution < -0.4 is 0 Å². The molecule has 1 aromatic rings. The monoisotopic (exact) mass is 152 g/mol. The minimum absolute atomic E-state index is 1.07. The van der Waals surface area contributed by atoms with Crippen molar-refractivity contribution in [1.82, 2.24) is 0 Å². The predicted molar refractivity (Wildman–Crippen MR) is 47.8 cm³/mol. The zero-order valence-electron chi connectivity index (χ0n) is 6.39. The third-order valence-electron chi connectivity index (χ3n) is 1.53. The van der Waals surface area contributed by atoms with Gasteiger partial charge in [-0.05, 0) is 36.6 Å². The molecule has 0 heterocycles. The Morgan fingerprint density at radius 2 is 2.00 bits per heavy atom. The maximum atomic E-state index is 4.28. The van der Waals surface area contributed by atoms with Gasteiger partial charge in [0.15, 0.2) is 0 Å². The van der Waals surface area contributed by atoms with Gasteiger partial charge < -0.3 is 0 Å². The van der Waals surface area contributed by atoms with Crippen molar-refractivity contribution in [2.24, 2.45) is 0 Å². The molecule has 0 amide bonds. The smallest absolute Gasteiger partial charge is 0.00453 e. The summed E-state index contributed by atoms with van der Waals surface area (Å²) in [5.41, 5.74) is 2.66. The minimum atomic E-state index is 1.07. The van der Waals surface area contributed by atoms with Crippen molar-refractivity contribution in [3.05, 3.63) is 29.3 Å². The first kappa shape index (κ1) is 7.67. The highest BCUT2D eigenvalue weighted by Crippen LogP contribution is 2.12. The maximum absolute atomic E-state index is 4.28. The Morgan fingerprint density at radius 3 is 2.50 bits per heavy atom. The summed E-state index contributed by atoms with van der Waals surface area (Å²) in [4.78, 5) is 1.07. The third kappa shape index (κ3) is 1.77. The molecule has 0 unspecified atom stereocenters. The molecule has 0 aromatic heterocycles. The van der Waals surface area contributed by atoms with Crippen LogP contribution in [0.4, 0.5) is 0 Å². The van der Waals surface area contributed by atoms with Crippen molar-refractivity contribution in [1.29, 1.82) is 0 Å². The van der Waals surface area contributed by atoms with Gasteiger partial charge in [0.2, 0.25) is 0 Å². The number of hydrogen-bond donors (Lipinski definition) is 1. The summed E-state index contributed by atoms with van der Waals surface area (Å²) >= 11 is 4.28. The molecular formula is C9H12S. The molecule has 1 heteroatoms. The van der Waals surface area contributed by atoms with E-state index in [4.69, 9.17) is 0 Å². The quantitative estimate of drug-likeness (QED) is 0.588. The van der Waals surface area contributed by atoms with Gasteiger partial charge in [0.1, 0.15) is 0 Å². The Kier molecular flexibility index (Phi) is 2.39. The molecule has 10 heavy (non-hydrogen) atoms. The lowest BCUT2D eigenvalue weighted by molar-refractivity contribution is 1.11. The summed E-state index contributed by atoms with van der Waals surface area (Å²) in [6, 6.07) is 6.37. The lowest BCUT2D eigenvalue weighted by Gasteiger charge is -1.99. The average molecular weight is 152 g/mol. The molecule has 0 saturated heterocycles. The molecular weight excluding hydrogens is 140 g/mol. The number of aryl methyl sites for hydroxylation is 2. The zero-order valence-corrected chi connectivity index (χ0v) is 7.28. The number of benzene rings is 1. The van der Waals surface area contributed by atoms with Crippen molar-refractivity contribution < 1.29 is 0 Å². The van der Waals surface area contributed by atoms with Crippen LogP contribution in [0.25, 0.3) is 0 Å². The first-order valence-electron chi connectivity index (χ1n) is 3.52. The molecule has 1 aromatic carbocycles. The highest BCUT2D eigenvalue weighted by molar-refractivity contribution is 7.80. The van der Waals surface area contributed by atoms with Gasteiger partial charge in [-0.2, -0.15) is 0 Å². The summed E-state index contributed by atoms with van der Waals surface area (Å²) in [5, 5.41) is 0. The summed E-state index contributed by atoms with van der Waals surface area (Å²) in [6.45, 7) is 4.25. The summed E-state index contributed by atoms with van der Waals surface area (Å²) in [7, 11) is 0. The predicted octanol–water partition coefficient (Wildman–Crippen LogP) is 2.85. The van der Waals surface area contributed by atoms with Crippen LogP contribution in [0.15, 0.2) is 23.1 Å². The number of rotatable bonds is 1. The molecule has 1 rings (SSSR count). The van der Waals surface area contributed by atoms with Crippen LogP contribution in [0.2, 0.25) is 0 Å². The van der Waals surface area contributed by atoms with Crippen LogP contribution in [0.5, 0.6) is 0 Å². The second-order valence-electron chi connectivity index (χ2n) is 2.53. The standard InChI is InChI=1S/C9H12S/c1-3-8-4-7(2)5-9(10)6-8/h4-6,10H,3H2,1-2H3. The van der Waals surface area contributed by atoms with Gasteiger partial charge in [0.05, 0.1) is 0 Å². The van der Waals surface area contributed by atoms with E-state index in [1.165, 1.54) is 11.1 Å². The Hall–Kier alpha value is -0.430. The summed E-state index contributed by atoms with van der Waals surface area (Å²) in [5.74, 6) is 0. The van der Waals surface area contributed by atoms with Gasteiger partial charge in [-0.15, -0.1) is 12.6 Å². The normalized spacial score (nSPS) is 9.90. The van der Waals surface area contributed by atoms with Crippen LogP contribution >= 0.6 is 12.6 Å². The van der Waals surface area contributed by atoms with E-state index in [0.29, 0.717) is 0 Å². The topological polar surface area (TPSA) is 0 Å². The van der Waals surface area contributed by atoms with Crippen LogP contribution in [-0.4, -0.2) is 0 Å². The Bertz CT molecular complexity index is 208. The van der Waals surface area contributed by atoms with E-state index in [9.17, 15) is 0 Å². The van der Waals surface area contributed by atoms with E-state index in [2.05, 4.69) is 44.7 Å². The Labute approximate surface area is 67.7 Å². The summed E-state index contributed by atoms with van der Waals surface area (Å²) in [6.07, 6.45) is 1.09. The van der Waals surface area contributed by atoms with Crippen LogP contribution in [-0.2, 0) is 6.42 Å². The van der Waals surface area contributed by atoms with E-state index in [-0.39, 0.29) is 0 Å². The summed E-state index contributed by atoms with van der Waals surface area (Å²) < 4.78 is 0. The van der Waals surface area contributed by atoms with Crippen molar-refractivity contribution in [2.45, 2.75) is 25.2 Å². The molecule has 0 atom stereocenters. The average Bonchev–Trinajstić information content (AvgIpc) is 1.85. The fourth-order valence-electron chi connectivity index (χ4n) is 1.04. The van der Waals surface area contributed by atoms with E-state index in [0.717, 1.165) is 11.3 Å². The third-order valence-corrected chi connectivity index (χ3v) is 1.79. The molecule has 0 bridgehead atoms. The maximum Gasteiger partial charge on any atom is 0.00453 e. The molecule has 0 aliphatic carbocycles. The fourth-order valence-corrected chi connectivity index (χ4v) is 1.41. The Morgan fingerprint density at radius 1 is 1.30 bits per heavy atom. The SMILES string of the molecule is CCc1cc(C)cc(S)c1. The fraction of sp³-hybridized carbons (Fsp3) is 0.333. The first-order chi connectivity index (χ1) is 4.72. The van der Waals surface area contributed by atoms with Crippen LogP contribution in [0.3, 0.4) is 0 Å².